The third kappa shape index (κ3) is 4.98. The maximum absolute atomic E-state index is 13.0. The minimum absolute atomic E-state index is 0.123. The van der Waals surface area contributed by atoms with E-state index in [1.54, 1.807) is 25.2 Å². The van der Waals surface area contributed by atoms with Crippen molar-refractivity contribution in [1.29, 1.82) is 0 Å². The largest absolute Gasteiger partial charge is 0.493 e. The summed E-state index contributed by atoms with van der Waals surface area (Å²) in [7, 11) is 3.20. The zero-order valence-corrected chi connectivity index (χ0v) is 19.8. The Morgan fingerprint density at radius 3 is 2.55 bits per heavy atom. The summed E-state index contributed by atoms with van der Waals surface area (Å²) in [6.45, 7) is 0.475. The molecule has 0 bridgehead atoms. The molecule has 0 N–H and O–H groups in total. The van der Waals surface area contributed by atoms with Crippen molar-refractivity contribution < 1.29 is 18.7 Å². The number of thioether (sulfide) groups is 1. The van der Waals surface area contributed by atoms with Gasteiger partial charge in [-0.3, -0.25) is 9.69 Å². The van der Waals surface area contributed by atoms with Crippen LogP contribution >= 0.6 is 24.0 Å². The van der Waals surface area contributed by atoms with E-state index in [4.69, 9.17) is 32.5 Å². The molecule has 0 atom stereocenters. The van der Waals surface area contributed by atoms with Gasteiger partial charge in [0.1, 0.15) is 15.8 Å². The van der Waals surface area contributed by atoms with E-state index in [2.05, 4.69) is 5.92 Å². The number of amides is 1. The molecule has 0 unspecified atom stereocenters. The molecule has 3 aromatic rings. The number of hydrogen-bond acceptors (Lipinski definition) is 6. The van der Waals surface area contributed by atoms with Gasteiger partial charge in [-0.2, -0.15) is 0 Å². The molecule has 33 heavy (non-hydrogen) atoms. The average molecular weight is 476 g/mol. The van der Waals surface area contributed by atoms with E-state index < -0.39 is 0 Å². The Kier molecular flexibility index (Phi) is 6.87. The maximum atomic E-state index is 13.0. The fourth-order valence-corrected chi connectivity index (χ4v) is 4.70. The third-order valence-corrected chi connectivity index (χ3v) is 6.56. The maximum Gasteiger partial charge on any atom is 0.266 e. The Morgan fingerprint density at radius 1 is 1.09 bits per heavy atom. The molecule has 0 saturated carbocycles. The predicted octanol–water partition coefficient (Wildman–Crippen LogP) is 5.39. The molecule has 2 aromatic carbocycles. The second kappa shape index (κ2) is 9.99. The summed E-state index contributed by atoms with van der Waals surface area (Å²) in [5, 5.41) is 0. The van der Waals surface area contributed by atoms with Crippen molar-refractivity contribution in [2.75, 3.05) is 20.8 Å². The zero-order chi connectivity index (χ0) is 23.4. The summed E-state index contributed by atoms with van der Waals surface area (Å²) in [6.07, 6.45) is 7.78. The van der Waals surface area contributed by atoms with Gasteiger partial charge in [-0.1, -0.05) is 48.1 Å². The van der Waals surface area contributed by atoms with Crippen LogP contribution in [0.2, 0.25) is 0 Å². The number of methoxy groups -OCH3 is 2. The topological polar surface area (TPSA) is 51.9 Å². The number of hydrogen-bond donors (Lipinski definition) is 0. The second-order valence-electron chi connectivity index (χ2n) is 7.20. The smallest absolute Gasteiger partial charge is 0.266 e. The highest BCUT2D eigenvalue weighted by Gasteiger charge is 2.32. The van der Waals surface area contributed by atoms with Crippen LogP contribution in [0.4, 0.5) is 0 Å². The van der Waals surface area contributed by atoms with Crippen molar-refractivity contribution >= 4 is 40.3 Å². The lowest BCUT2D eigenvalue weighted by Gasteiger charge is -2.15. The first-order chi connectivity index (χ1) is 16.0. The van der Waals surface area contributed by atoms with Crippen LogP contribution in [0.25, 0.3) is 17.4 Å². The molecule has 1 fully saturated rings. The lowest BCUT2D eigenvalue weighted by molar-refractivity contribution is -0.122. The molecular formula is C26H21NO4S2. The summed E-state index contributed by atoms with van der Waals surface area (Å²) in [4.78, 5) is 15.1. The van der Waals surface area contributed by atoms with Crippen LogP contribution in [0.15, 0.2) is 63.9 Å². The first kappa shape index (κ1) is 22.7. The van der Waals surface area contributed by atoms with Gasteiger partial charge in [0, 0.05) is 23.7 Å². The molecular weight excluding hydrogens is 454 g/mol. The Labute approximate surface area is 202 Å². The first-order valence-corrected chi connectivity index (χ1v) is 11.4. The van der Waals surface area contributed by atoms with Gasteiger partial charge in [-0.25, -0.2) is 0 Å². The highest BCUT2D eigenvalue weighted by molar-refractivity contribution is 8.26. The van der Waals surface area contributed by atoms with Crippen molar-refractivity contribution in [1.82, 2.24) is 4.90 Å². The summed E-state index contributed by atoms with van der Waals surface area (Å²) < 4.78 is 17.1. The number of carbonyl (C=O) groups excluding carboxylic acids is 1. The van der Waals surface area contributed by atoms with Gasteiger partial charge in [0.05, 0.1) is 19.1 Å². The van der Waals surface area contributed by atoms with Gasteiger partial charge in [0.25, 0.3) is 5.91 Å². The molecule has 0 aliphatic carbocycles. The number of rotatable bonds is 7. The van der Waals surface area contributed by atoms with Crippen LogP contribution < -0.4 is 9.47 Å². The molecule has 166 valence electrons. The predicted molar refractivity (Wildman–Crippen MR) is 135 cm³/mol. The minimum Gasteiger partial charge on any atom is -0.493 e. The molecule has 0 spiro atoms. The van der Waals surface area contributed by atoms with Crippen LogP contribution in [-0.4, -0.2) is 35.9 Å². The number of terminal acetylenes is 1. The Bertz CT molecular complexity index is 1270. The number of benzene rings is 2. The van der Waals surface area contributed by atoms with Gasteiger partial charge < -0.3 is 13.9 Å². The second-order valence-corrected chi connectivity index (χ2v) is 8.87. The third-order valence-electron chi connectivity index (χ3n) is 5.18. The molecule has 0 radical (unpaired) electrons. The summed E-state index contributed by atoms with van der Waals surface area (Å²) >= 11 is 6.73. The summed E-state index contributed by atoms with van der Waals surface area (Å²) in [5.74, 6) is 5.08. The zero-order valence-electron chi connectivity index (χ0n) is 18.2. The van der Waals surface area contributed by atoms with Gasteiger partial charge in [-0.05, 0) is 48.4 Å². The lowest BCUT2D eigenvalue weighted by atomic mass is 10.1. The van der Waals surface area contributed by atoms with Gasteiger partial charge >= 0.3 is 0 Å². The average Bonchev–Trinajstić information content (AvgIpc) is 3.41. The van der Waals surface area contributed by atoms with E-state index >= 15 is 0 Å². The molecule has 1 saturated heterocycles. The minimum atomic E-state index is -0.123. The van der Waals surface area contributed by atoms with Crippen molar-refractivity contribution in [2.24, 2.45) is 0 Å². The van der Waals surface area contributed by atoms with Crippen LogP contribution in [-0.2, 0) is 11.2 Å². The highest BCUT2D eigenvalue weighted by Crippen LogP contribution is 2.34. The Morgan fingerprint density at radius 2 is 1.85 bits per heavy atom. The van der Waals surface area contributed by atoms with Crippen LogP contribution in [0.5, 0.6) is 11.5 Å². The van der Waals surface area contributed by atoms with Crippen molar-refractivity contribution in [3.8, 4) is 35.2 Å². The van der Waals surface area contributed by atoms with E-state index in [0.29, 0.717) is 45.2 Å². The SMILES string of the molecule is C#Cc1ccc(-c2ccc(/C=C3/SC(=S)N(CCc4ccc(OC)c(OC)c4)C3=O)o2)cc1. The highest BCUT2D eigenvalue weighted by atomic mass is 32.2. The van der Waals surface area contributed by atoms with Gasteiger partial charge in [0.15, 0.2) is 11.5 Å². The van der Waals surface area contributed by atoms with Crippen LogP contribution in [0, 0.1) is 12.3 Å². The molecule has 4 rings (SSSR count). The van der Waals surface area contributed by atoms with E-state index in [0.717, 1.165) is 16.7 Å². The number of thiocarbonyl (C=S) groups is 1. The van der Waals surface area contributed by atoms with E-state index in [1.807, 2.05) is 54.6 Å². The van der Waals surface area contributed by atoms with Crippen molar-refractivity contribution in [2.45, 2.75) is 6.42 Å². The monoisotopic (exact) mass is 475 g/mol. The van der Waals surface area contributed by atoms with Crippen LogP contribution in [0.1, 0.15) is 16.9 Å². The lowest BCUT2D eigenvalue weighted by Crippen LogP contribution is -2.30. The molecule has 2 heterocycles. The van der Waals surface area contributed by atoms with E-state index in [9.17, 15) is 4.79 Å². The molecule has 1 amide bonds. The van der Waals surface area contributed by atoms with E-state index in [-0.39, 0.29) is 5.91 Å². The van der Waals surface area contributed by atoms with Gasteiger partial charge in [0.2, 0.25) is 0 Å². The molecule has 7 heteroatoms. The first-order valence-electron chi connectivity index (χ1n) is 10.2. The fourth-order valence-electron chi connectivity index (χ4n) is 3.42. The number of carbonyl (C=O) groups is 1. The Hall–Kier alpha value is -3.47. The fraction of sp³-hybridized carbons (Fsp3) is 0.154. The van der Waals surface area contributed by atoms with Crippen molar-refractivity contribution in [3.05, 3.63) is 76.4 Å². The molecule has 5 nitrogen and oxygen atoms in total. The van der Waals surface area contributed by atoms with Crippen molar-refractivity contribution in [3.63, 3.8) is 0 Å². The summed E-state index contributed by atoms with van der Waals surface area (Å²) in [5.41, 5.74) is 2.75. The number of ether oxygens (including phenoxy) is 2. The molecule has 1 aliphatic rings. The molecule has 1 aromatic heterocycles. The standard InChI is InChI=1S/C26H21NO4S2/c1-4-17-5-8-19(9-6-17)21-12-10-20(31-21)16-24-25(28)27(26(32)33-24)14-13-18-7-11-22(29-2)23(15-18)30-3/h1,5-12,15-16H,13-14H2,2-3H3/b24-16+. The quantitative estimate of drug-likeness (QED) is 0.260. The van der Waals surface area contributed by atoms with Gasteiger partial charge in [-0.15, -0.1) is 6.42 Å². The van der Waals surface area contributed by atoms with E-state index in [1.165, 1.54) is 11.8 Å². The Balaban J connectivity index is 1.45. The summed E-state index contributed by atoms with van der Waals surface area (Å²) in [6, 6.07) is 17.0. The number of nitrogens with zero attached hydrogens (tertiary/aromatic N) is 1. The van der Waals surface area contributed by atoms with Crippen LogP contribution in [0.3, 0.4) is 0 Å². The number of furan rings is 1. The normalized spacial score (nSPS) is 14.6. The molecule has 1 aliphatic heterocycles.